The molecule has 1 amide bonds. The SMILES string of the molecule is CO[C@H]1CN(C)C(=O)[C@@H]2C[C@@H](CN2c2ncnc3c2cnn3-c2ncc(F)cn2)Nc2cccc(n2)-c2cc(F)cc3nc(C)n(c23)C1. The van der Waals surface area contributed by atoms with Crippen LogP contribution in [-0.4, -0.2) is 100 Å². The molecule has 6 aromatic rings. The summed E-state index contributed by atoms with van der Waals surface area (Å²) in [5.41, 5.74) is 2.87. The molecule has 0 spiro atoms. The summed E-state index contributed by atoms with van der Waals surface area (Å²) in [5.74, 6) is 0.834. The van der Waals surface area contributed by atoms with Crippen LogP contribution in [0.15, 0.2) is 55.2 Å². The first kappa shape index (κ1) is 29.7. The van der Waals surface area contributed by atoms with Crippen LogP contribution in [0.5, 0.6) is 0 Å². The number of pyridine rings is 1. The summed E-state index contributed by atoms with van der Waals surface area (Å²) >= 11 is 0. The second kappa shape index (κ2) is 11.6. The number of ether oxygens (including phenoxy) is 1. The number of carbonyl (C=O) groups excluding carboxylic acids is 1. The third-order valence-electron chi connectivity index (χ3n) is 8.95. The second-order valence-corrected chi connectivity index (χ2v) is 12.0. The number of rotatable bonds is 3. The number of methoxy groups -OCH3 is 1. The number of carbonyl (C=O) groups is 1. The number of hydrogen-bond acceptors (Lipinski definition) is 11. The molecular weight excluding hydrogens is 622 g/mol. The molecule has 2 aliphatic heterocycles. The number of nitrogens with zero attached hydrogens (tertiary/aromatic N) is 11. The van der Waals surface area contributed by atoms with Crippen molar-refractivity contribution >= 4 is 39.6 Å². The minimum Gasteiger partial charge on any atom is -0.378 e. The average molecular weight is 653 g/mol. The summed E-state index contributed by atoms with van der Waals surface area (Å²) in [6.45, 7) is 2.94. The highest BCUT2D eigenvalue weighted by Gasteiger charge is 2.41. The topological polar surface area (TPSA) is 145 Å². The van der Waals surface area contributed by atoms with Crippen molar-refractivity contribution in [3.63, 3.8) is 0 Å². The van der Waals surface area contributed by atoms with E-state index in [2.05, 4.69) is 35.3 Å². The Bertz CT molecular complexity index is 2190. The van der Waals surface area contributed by atoms with Gasteiger partial charge in [-0.3, -0.25) is 4.79 Å². The Morgan fingerprint density at radius 2 is 1.81 bits per heavy atom. The first-order valence-electron chi connectivity index (χ1n) is 15.4. The highest BCUT2D eigenvalue weighted by Crippen LogP contribution is 2.34. The lowest BCUT2D eigenvalue weighted by Crippen LogP contribution is -2.47. The van der Waals surface area contributed by atoms with E-state index < -0.39 is 23.8 Å². The van der Waals surface area contributed by atoms with Gasteiger partial charge in [-0.05, 0) is 31.5 Å². The molecule has 1 fully saturated rings. The van der Waals surface area contributed by atoms with E-state index >= 15 is 0 Å². The Kier molecular flexibility index (Phi) is 7.16. The van der Waals surface area contributed by atoms with Crippen LogP contribution in [0.3, 0.4) is 0 Å². The zero-order chi connectivity index (χ0) is 33.1. The van der Waals surface area contributed by atoms with Gasteiger partial charge in [0.15, 0.2) is 11.5 Å². The van der Waals surface area contributed by atoms with E-state index in [9.17, 15) is 13.6 Å². The summed E-state index contributed by atoms with van der Waals surface area (Å²) in [6, 6.07) is 7.65. The van der Waals surface area contributed by atoms with Gasteiger partial charge in [0.25, 0.3) is 5.95 Å². The number of anilines is 2. The van der Waals surface area contributed by atoms with Gasteiger partial charge >= 0.3 is 0 Å². The van der Waals surface area contributed by atoms with Crippen molar-refractivity contribution in [2.75, 3.05) is 37.5 Å². The molecule has 0 saturated carbocycles. The Labute approximate surface area is 272 Å². The smallest absolute Gasteiger partial charge is 0.252 e. The quantitative estimate of drug-likeness (QED) is 0.301. The van der Waals surface area contributed by atoms with E-state index in [1.54, 1.807) is 25.3 Å². The van der Waals surface area contributed by atoms with Crippen LogP contribution >= 0.6 is 0 Å². The third kappa shape index (κ3) is 5.04. The van der Waals surface area contributed by atoms with Crippen molar-refractivity contribution in [3.05, 3.63) is 72.7 Å². The number of nitrogens with one attached hydrogen (secondary N) is 1. The fourth-order valence-corrected chi connectivity index (χ4v) is 6.73. The van der Waals surface area contributed by atoms with Crippen molar-refractivity contribution in [3.8, 4) is 17.2 Å². The molecule has 8 rings (SSSR count). The molecule has 4 bridgehead atoms. The molecule has 3 atom stereocenters. The van der Waals surface area contributed by atoms with Gasteiger partial charge in [0.1, 0.15) is 35.6 Å². The van der Waals surface area contributed by atoms with Gasteiger partial charge in [-0.2, -0.15) is 9.78 Å². The lowest BCUT2D eigenvalue weighted by atomic mass is 10.1. The molecule has 7 heterocycles. The van der Waals surface area contributed by atoms with Crippen molar-refractivity contribution in [1.29, 1.82) is 0 Å². The number of likely N-dealkylation sites (N-methyl/N-ethyl adjacent to an activating group) is 1. The van der Waals surface area contributed by atoms with Gasteiger partial charge in [-0.25, -0.2) is 38.7 Å². The number of aryl methyl sites for hydroxylation is 1. The van der Waals surface area contributed by atoms with Crippen LogP contribution in [0, 0.1) is 18.6 Å². The normalized spacial score (nSPS) is 19.9. The van der Waals surface area contributed by atoms with Crippen LogP contribution in [0.4, 0.5) is 20.4 Å². The summed E-state index contributed by atoms with van der Waals surface area (Å²) in [7, 11) is 3.37. The number of amides is 1. The molecule has 0 radical (unpaired) electrons. The molecule has 0 unspecified atom stereocenters. The average Bonchev–Trinajstić information content (AvgIpc) is 3.79. The minimum atomic E-state index is -0.602. The van der Waals surface area contributed by atoms with Gasteiger partial charge in [-0.1, -0.05) is 6.07 Å². The van der Waals surface area contributed by atoms with Crippen molar-refractivity contribution in [1.82, 2.24) is 49.2 Å². The van der Waals surface area contributed by atoms with E-state index in [0.717, 1.165) is 17.9 Å². The predicted molar refractivity (Wildman–Crippen MR) is 171 cm³/mol. The van der Waals surface area contributed by atoms with Crippen LogP contribution in [0.2, 0.25) is 0 Å². The number of aromatic nitrogens is 9. The standard InChI is InChI=1S/C32H30F2N12O2/c1-17-40-25-8-18(33)7-22-24-5-4-6-27(42-24)41-20-9-26(31(47)43(2)14-21(48-3)15-44(17)28(22)25)45(13-20)29-23-12-39-46(30(23)38-16-37-29)32-35-10-19(34)11-36-32/h4-8,10-12,16,20-21,26H,9,13-15H2,1-3H3,(H,41,42)/t20-,21-,26-/m0/s1. The third-order valence-corrected chi connectivity index (χ3v) is 8.95. The van der Waals surface area contributed by atoms with Gasteiger partial charge in [-0.15, -0.1) is 0 Å². The maximum Gasteiger partial charge on any atom is 0.252 e. The molecular formula is C32H30F2N12O2. The molecule has 14 nitrogen and oxygen atoms in total. The lowest BCUT2D eigenvalue weighted by Gasteiger charge is -2.30. The molecule has 1 N–H and O–H groups in total. The highest BCUT2D eigenvalue weighted by atomic mass is 19.1. The van der Waals surface area contributed by atoms with Crippen LogP contribution in [-0.2, 0) is 16.1 Å². The zero-order valence-electron chi connectivity index (χ0n) is 26.2. The number of halogens is 2. The van der Waals surface area contributed by atoms with Crippen molar-refractivity contribution in [2.24, 2.45) is 0 Å². The molecule has 2 aliphatic rings. The number of fused-ring (bicyclic) bond motifs is 6. The predicted octanol–water partition coefficient (Wildman–Crippen LogP) is 3.15. The van der Waals surface area contributed by atoms with Crippen LogP contribution in [0.1, 0.15) is 12.2 Å². The molecule has 48 heavy (non-hydrogen) atoms. The van der Waals surface area contributed by atoms with Gasteiger partial charge in [0, 0.05) is 44.9 Å². The summed E-state index contributed by atoms with van der Waals surface area (Å²) in [6.07, 6.45) is 5.14. The van der Waals surface area contributed by atoms with Crippen molar-refractivity contribution in [2.45, 2.75) is 38.1 Å². The van der Waals surface area contributed by atoms with E-state index in [1.165, 1.54) is 23.1 Å². The van der Waals surface area contributed by atoms with E-state index in [1.807, 2.05) is 34.6 Å². The summed E-state index contributed by atoms with van der Waals surface area (Å²) < 4.78 is 37.8. The summed E-state index contributed by atoms with van der Waals surface area (Å²) in [4.78, 5) is 44.6. The van der Waals surface area contributed by atoms with Crippen LogP contribution < -0.4 is 10.2 Å². The molecule has 244 valence electrons. The maximum absolute atomic E-state index is 14.9. The Morgan fingerprint density at radius 3 is 2.62 bits per heavy atom. The highest BCUT2D eigenvalue weighted by molar-refractivity contribution is 5.93. The van der Waals surface area contributed by atoms with E-state index in [0.29, 0.717) is 71.3 Å². The molecule has 5 aromatic heterocycles. The van der Waals surface area contributed by atoms with Crippen molar-refractivity contribution < 1.29 is 18.3 Å². The molecule has 16 heteroatoms. The second-order valence-electron chi connectivity index (χ2n) is 12.0. The van der Waals surface area contributed by atoms with Gasteiger partial charge < -0.3 is 24.4 Å². The van der Waals surface area contributed by atoms with E-state index in [-0.39, 0.29) is 17.9 Å². The number of hydrogen-bond donors (Lipinski definition) is 1. The first-order chi connectivity index (χ1) is 23.3. The van der Waals surface area contributed by atoms with Crippen LogP contribution in [0.25, 0.3) is 39.3 Å². The largest absolute Gasteiger partial charge is 0.378 e. The maximum atomic E-state index is 14.9. The number of benzene rings is 1. The van der Waals surface area contributed by atoms with Gasteiger partial charge in [0.2, 0.25) is 5.91 Å². The molecule has 1 aromatic carbocycles. The molecule has 0 aliphatic carbocycles. The number of imidazole rings is 1. The Morgan fingerprint density at radius 1 is 0.979 bits per heavy atom. The molecule has 1 saturated heterocycles. The lowest BCUT2D eigenvalue weighted by molar-refractivity contribution is -0.132. The Balaban J connectivity index is 1.22. The van der Waals surface area contributed by atoms with Gasteiger partial charge in [0.05, 0.1) is 53.4 Å². The first-order valence-corrected chi connectivity index (χ1v) is 15.4. The fraction of sp³-hybridized carbons (Fsp3) is 0.312. The zero-order valence-corrected chi connectivity index (χ0v) is 26.2. The minimum absolute atomic E-state index is 0.117. The van der Waals surface area contributed by atoms with E-state index in [4.69, 9.17) is 9.72 Å². The fourth-order valence-electron chi connectivity index (χ4n) is 6.73. The summed E-state index contributed by atoms with van der Waals surface area (Å²) in [5, 5.41) is 8.51. The monoisotopic (exact) mass is 652 g/mol. The Hall–Kier alpha value is -5.64.